The van der Waals surface area contributed by atoms with Gasteiger partial charge in [0.1, 0.15) is 25.1 Å². The maximum absolute atomic E-state index is 5.84. The van der Waals surface area contributed by atoms with Crippen LogP contribution in [0.1, 0.15) is 31.7 Å². The van der Waals surface area contributed by atoms with E-state index in [1.165, 1.54) is 12.8 Å². The first-order chi connectivity index (χ1) is 14.3. The molecule has 1 unspecified atom stereocenters. The molecule has 4 rings (SSSR count). The van der Waals surface area contributed by atoms with Crippen LogP contribution in [0.15, 0.2) is 67.0 Å². The van der Waals surface area contributed by atoms with Gasteiger partial charge in [-0.05, 0) is 36.2 Å². The van der Waals surface area contributed by atoms with Gasteiger partial charge in [-0.1, -0.05) is 50.1 Å². The number of ether oxygens (including phenoxy) is 3. The molecule has 2 heterocycles. The van der Waals surface area contributed by atoms with Crippen LogP contribution in [0.2, 0.25) is 0 Å². The lowest BCUT2D eigenvalue weighted by Gasteiger charge is -2.07. The molecular formula is C24H26N2O3. The average molecular weight is 390 g/mol. The normalized spacial score (nSPS) is 17.7. The van der Waals surface area contributed by atoms with Crippen molar-refractivity contribution in [2.24, 2.45) is 0 Å². The Hall–Kier alpha value is -2.92. The zero-order chi connectivity index (χ0) is 19.9. The van der Waals surface area contributed by atoms with E-state index in [1.54, 1.807) is 12.4 Å². The second kappa shape index (κ2) is 9.52. The Bertz CT molecular complexity index is 882. The first-order valence-electron chi connectivity index (χ1n) is 10.2. The van der Waals surface area contributed by atoms with E-state index >= 15 is 0 Å². The van der Waals surface area contributed by atoms with E-state index in [4.69, 9.17) is 14.2 Å². The molecule has 5 nitrogen and oxygen atoms in total. The van der Waals surface area contributed by atoms with E-state index in [-0.39, 0.29) is 6.10 Å². The molecule has 0 radical (unpaired) electrons. The summed E-state index contributed by atoms with van der Waals surface area (Å²) < 4.78 is 17.2. The molecule has 29 heavy (non-hydrogen) atoms. The SMILES string of the molecule is CCCC[C@@H]1OC1COc1ccc(-c2ncc(OCc3ccccc3)cn2)cc1. The van der Waals surface area contributed by atoms with E-state index in [1.807, 2.05) is 54.6 Å². The topological polar surface area (TPSA) is 56.8 Å². The van der Waals surface area contributed by atoms with Gasteiger partial charge in [-0.3, -0.25) is 0 Å². The highest BCUT2D eigenvalue weighted by Gasteiger charge is 2.38. The predicted octanol–water partition coefficient (Wildman–Crippen LogP) is 5.06. The van der Waals surface area contributed by atoms with E-state index in [2.05, 4.69) is 16.9 Å². The Morgan fingerprint density at radius 1 is 0.862 bits per heavy atom. The number of nitrogens with zero attached hydrogens (tertiary/aromatic N) is 2. The Balaban J connectivity index is 1.26. The Morgan fingerprint density at radius 3 is 2.34 bits per heavy atom. The van der Waals surface area contributed by atoms with Gasteiger partial charge in [0.2, 0.25) is 0 Å². The van der Waals surface area contributed by atoms with Crippen LogP contribution in [0.4, 0.5) is 0 Å². The van der Waals surface area contributed by atoms with Crippen molar-refractivity contribution < 1.29 is 14.2 Å². The third kappa shape index (κ3) is 5.55. The third-order valence-corrected chi connectivity index (χ3v) is 4.93. The second-order valence-corrected chi connectivity index (χ2v) is 7.21. The van der Waals surface area contributed by atoms with Crippen molar-refractivity contribution in [2.75, 3.05) is 6.61 Å². The minimum absolute atomic E-state index is 0.244. The van der Waals surface area contributed by atoms with Crippen molar-refractivity contribution in [1.82, 2.24) is 9.97 Å². The minimum atomic E-state index is 0.244. The number of epoxide rings is 1. The highest BCUT2D eigenvalue weighted by molar-refractivity contribution is 5.56. The van der Waals surface area contributed by atoms with Crippen molar-refractivity contribution in [3.63, 3.8) is 0 Å². The van der Waals surface area contributed by atoms with Gasteiger partial charge in [-0.25, -0.2) is 9.97 Å². The van der Waals surface area contributed by atoms with E-state index in [0.29, 0.717) is 30.9 Å². The Labute approximate surface area is 171 Å². The van der Waals surface area contributed by atoms with Gasteiger partial charge >= 0.3 is 0 Å². The molecule has 2 aromatic carbocycles. The van der Waals surface area contributed by atoms with E-state index in [9.17, 15) is 0 Å². The number of hydrogen-bond donors (Lipinski definition) is 0. The molecule has 1 aromatic heterocycles. The van der Waals surface area contributed by atoms with Crippen molar-refractivity contribution in [2.45, 2.75) is 45.0 Å². The van der Waals surface area contributed by atoms with Crippen LogP contribution in [-0.2, 0) is 11.3 Å². The summed E-state index contributed by atoms with van der Waals surface area (Å²) in [4.78, 5) is 8.83. The fraction of sp³-hybridized carbons (Fsp3) is 0.333. The summed E-state index contributed by atoms with van der Waals surface area (Å²) in [6.45, 7) is 3.31. The smallest absolute Gasteiger partial charge is 0.159 e. The molecule has 0 amide bonds. The Kier molecular flexibility index (Phi) is 6.37. The number of unbranched alkanes of at least 4 members (excludes halogenated alkanes) is 1. The molecule has 5 heteroatoms. The molecule has 1 aliphatic heterocycles. The summed E-state index contributed by atoms with van der Waals surface area (Å²) in [5.74, 6) is 2.15. The lowest BCUT2D eigenvalue weighted by atomic mass is 10.1. The fourth-order valence-electron chi connectivity index (χ4n) is 3.14. The van der Waals surface area contributed by atoms with Crippen LogP contribution in [0.3, 0.4) is 0 Å². The maximum Gasteiger partial charge on any atom is 0.159 e. The molecule has 1 aliphatic rings. The standard InChI is InChI=1S/C24H26N2O3/c1-2-3-9-22-23(29-22)17-28-20-12-10-19(11-13-20)24-25-14-21(15-26-24)27-16-18-7-5-4-6-8-18/h4-8,10-15,22-23H,2-3,9,16-17H2,1H3/t22-,23?/m0/s1. The van der Waals surface area contributed by atoms with E-state index < -0.39 is 0 Å². The van der Waals surface area contributed by atoms with Gasteiger partial charge in [-0.2, -0.15) is 0 Å². The summed E-state index contributed by atoms with van der Waals surface area (Å²) in [6.07, 6.45) is 7.58. The van der Waals surface area contributed by atoms with Crippen LogP contribution >= 0.6 is 0 Å². The molecule has 2 atom stereocenters. The van der Waals surface area contributed by atoms with Crippen molar-refractivity contribution in [1.29, 1.82) is 0 Å². The summed E-state index contributed by atoms with van der Waals surface area (Å²) >= 11 is 0. The molecule has 0 N–H and O–H groups in total. The van der Waals surface area contributed by atoms with Crippen molar-refractivity contribution in [3.05, 3.63) is 72.6 Å². The van der Waals surface area contributed by atoms with Crippen LogP contribution in [0.5, 0.6) is 11.5 Å². The van der Waals surface area contributed by atoms with Gasteiger partial charge in [0.15, 0.2) is 11.6 Å². The van der Waals surface area contributed by atoms with Gasteiger partial charge < -0.3 is 14.2 Å². The molecule has 3 aromatic rings. The zero-order valence-electron chi connectivity index (χ0n) is 16.7. The summed E-state index contributed by atoms with van der Waals surface area (Å²) in [6, 6.07) is 17.9. The molecule has 0 spiro atoms. The number of hydrogen-bond acceptors (Lipinski definition) is 5. The highest BCUT2D eigenvalue weighted by Crippen LogP contribution is 2.28. The van der Waals surface area contributed by atoms with Crippen LogP contribution in [0, 0.1) is 0 Å². The molecular weight excluding hydrogens is 364 g/mol. The lowest BCUT2D eigenvalue weighted by Crippen LogP contribution is -2.07. The van der Waals surface area contributed by atoms with Gasteiger partial charge in [0.05, 0.1) is 18.5 Å². The summed E-state index contributed by atoms with van der Waals surface area (Å²) in [7, 11) is 0. The van der Waals surface area contributed by atoms with Gasteiger partial charge in [-0.15, -0.1) is 0 Å². The average Bonchev–Trinajstić information content (AvgIpc) is 3.55. The predicted molar refractivity (Wildman–Crippen MR) is 112 cm³/mol. The van der Waals surface area contributed by atoms with E-state index in [0.717, 1.165) is 23.3 Å². The molecule has 0 bridgehead atoms. The monoisotopic (exact) mass is 390 g/mol. The largest absolute Gasteiger partial charge is 0.491 e. The molecule has 0 saturated carbocycles. The minimum Gasteiger partial charge on any atom is -0.491 e. The second-order valence-electron chi connectivity index (χ2n) is 7.21. The quantitative estimate of drug-likeness (QED) is 0.453. The van der Waals surface area contributed by atoms with Crippen LogP contribution in [0.25, 0.3) is 11.4 Å². The number of benzene rings is 2. The molecule has 150 valence electrons. The molecule has 0 aliphatic carbocycles. The maximum atomic E-state index is 5.84. The first-order valence-corrected chi connectivity index (χ1v) is 10.2. The Morgan fingerprint density at radius 2 is 1.62 bits per heavy atom. The number of aromatic nitrogens is 2. The highest BCUT2D eigenvalue weighted by atomic mass is 16.6. The van der Waals surface area contributed by atoms with Gasteiger partial charge in [0, 0.05) is 5.56 Å². The first kappa shape index (κ1) is 19.4. The van der Waals surface area contributed by atoms with Crippen LogP contribution in [-0.4, -0.2) is 28.8 Å². The summed E-state index contributed by atoms with van der Waals surface area (Å²) in [5, 5.41) is 0. The van der Waals surface area contributed by atoms with Crippen molar-refractivity contribution in [3.8, 4) is 22.9 Å². The van der Waals surface area contributed by atoms with Gasteiger partial charge in [0.25, 0.3) is 0 Å². The lowest BCUT2D eigenvalue weighted by molar-refractivity contribution is 0.259. The molecule has 1 saturated heterocycles. The van der Waals surface area contributed by atoms with Crippen molar-refractivity contribution >= 4 is 0 Å². The molecule has 1 fully saturated rings. The fourth-order valence-corrected chi connectivity index (χ4v) is 3.14. The third-order valence-electron chi connectivity index (χ3n) is 4.93. The summed E-state index contributed by atoms with van der Waals surface area (Å²) in [5.41, 5.74) is 2.05. The van der Waals surface area contributed by atoms with Crippen LogP contribution < -0.4 is 9.47 Å². The number of rotatable bonds is 10. The zero-order valence-corrected chi connectivity index (χ0v) is 16.7.